The molecule has 2 N–H and O–H groups in total. The van der Waals surface area contributed by atoms with E-state index in [1.165, 1.54) is 0 Å². The van der Waals surface area contributed by atoms with Crippen molar-refractivity contribution >= 4 is 10.0 Å². The predicted octanol–water partition coefficient (Wildman–Crippen LogP) is 2.08. The van der Waals surface area contributed by atoms with Crippen LogP contribution in [-0.2, 0) is 16.4 Å². The highest BCUT2D eigenvalue weighted by Crippen LogP contribution is 2.24. The van der Waals surface area contributed by atoms with Gasteiger partial charge in [-0.15, -0.1) is 0 Å². The molecule has 0 unspecified atom stereocenters. The van der Waals surface area contributed by atoms with Crippen molar-refractivity contribution in [3.63, 3.8) is 0 Å². The number of hydrogen-bond donors (Lipinski definition) is 2. The monoisotopic (exact) mass is 297 g/mol. The van der Waals surface area contributed by atoms with Crippen molar-refractivity contribution in [3.05, 3.63) is 29.8 Å². The van der Waals surface area contributed by atoms with Crippen LogP contribution in [0.1, 0.15) is 38.2 Å². The molecule has 20 heavy (non-hydrogen) atoms. The number of aryl methyl sites for hydroxylation is 1. The van der Waals surface area contributed by atoms with Crippen LogP contribution >= 0.6 is 0 Å². The highest BCUT2D eigenvalue weighted by Gasteiger charge is 2.21. The van der Waals surface area contributed by atoms with Crippen LogP contribution < -0.4 is 4.72 Å². The van der Waals surface area contributed by atoms with E-state index in [9.17, 15) is 13.5 Å². The summed E-state index contributed by atoms with van der Waals surface area (Å²) in [5, 5.41) is 9.44. The SMILES string of the molecule is CCc1ccc(S(=O)(=O)NCC2CCC(O)CC2)cc1. The molecule has 1 fully saturated rings. The third kappa shape index (κ3) is 4.04. The summed E-state index contributed by atoms with van der Waals surface area (Å²) in [5.41, 5.74) is 1.13. The molecule has 0 aliphatic heterocycles. The van der Waals surface area contributed by atoms with E-state index in [1.54, 1.807) is 12.1 Å². The van der Waals surface area contributed by atoms with Crippen LogP contribution in [0.25, 0.3) is 0 Å². The first-order chi connectivity index (χ1) is 9.51. The summed E-state index contributed by atoms with van der Waals surface area (Å²) < 4.78 is 27.0. The quantitative estimate of drug-likeness (QED) is 0.874. The predicted molar refractivity (Wildman–Crippen MR) is 79.0 cm³/mol. The van der Waals surface area contributed by atoms with Gasteiger partial charge in [0, 0.05) is 6.54 Å². The van der Waals surface area contributed by atoms with Gasteiger partial charge in [0.15, 0.2) is 0 Å². The third-order valence-electron chi connectivity index (χ3n) is 4.02. The number of nitrogens with one attached hydrogen (secondary N) is 1. The molecule has 0 atom stereocenters. The summed E-state index contributed by atoms with van der Waals surface area (Å²) >= 11 is 0. The Morgan fingerprint density at radius 3 is 2.30 bits per heavy atom. The lowest BCUT2D eigenvalue weighted by atomic mass is 9.88. The lowest BCUT2D eigenvalue weighted by Gasteiger charge is -2.25. The van der Waals surface area contributed by atoms with Crippen LogP contribution in [0.15, 0.2) is 29.2 Å². The van der Waals surface area contributed by atoms with Crippen LogP contribution in [0, 0.1) is 5.92 Å². The summed E-state index contributed by atoms with van der Waals surface area (Å²) in [4.78, 5) is 0.325. The standard InChI is InChI=1S/C15H23NO3S/c1-2-12-5-9-15(10-6-12)20(18,19)16-11-13-3-7-14(17)8-4-13/h5-6,9-10,13-14,16-17H,2-4,7-8,11H2,1H3. The minimum Gasteiger partial charge on any atom is -0.393 e. The van der Waals surface area contributed by atoms with E-state index in [-0.39, 0.29) is 6.10 Å². The molecule has 1 aromatic rings. The highest BCUT2D eigenvalue weighted by molar-refractivity contribution is 7.89. The average molecular weight is 297 g/mol. The molecule has 0 bridgehead atoms. The number of aliphatic hydroxyl groups excluding tert-OH is 1. The molecule has 2 rings (SSSR count). The van der Waals surface area contributed by atoms with Crippen molar-refractivity contribution in [2.45, 2.75) is 50.0 Å². The largest absolute Gasteiger partial charge is 0.393 e. The number of aliphatic hydroxyl groups is 1. The van der Waals surface area contributed by atoms with Gasteiger partial charge in [0.2, 0.25) is 10.0 Å². The van der Waals surface area contributed by atoms with Crippen LogP contribution in [0.2, 0.25) is 0 Å². The van der Waals surface area contributed by atoms with Gasteiger partial charge in [0.05, 0.1) is 11.0 Å². The van der Waals surface area contributed by atoms with Gasteiger partial charge in [-0.3, -0.25) is 0 Å². The fourth-order valence-corrected chi connectivity index (χ4v) is 3.68. The van der Waals surface area contributed by atoms with Gasteiger partial charge in [-0.1, -0.05) is 19.1 Å². The van der Waals surface area contributed by atoms with Crippen molar-refractivity contribution < 1.29 is 13.5 Å². The van der Waals surface area contributed by atoms with Crippen molar-refractivity contribution in [2.24, 2.45) is 5.92 Å². The highest BCUT2D eigenvalue weighted by atomic mass is 32.2. The average Bonchev–Trinajstić information content (AvgIpc) is 2.47. The van der Waals surface area contributed by atoms with Crippen molar-refractivity contribution in [2.75, 3.05) is 6.54 Å². The lowest BCUT2D eigenvalue weighted by molar-refractivity contribution is 0.109. The maximum atomic E-state index is 12.2. The first-order valence-corrected chi connectivity index (χ1v) is 8.76. The fraction of sp³-hybridized carbons (Fsp3) is 0.600. The zero-order valence-corrected chi connectivity index (χ0v) is 12.7. The van der Waals surface area contributed by atoms with Gasteiger partial charge in [-0.2, -0.15) is 0 Å². The normalized spacial score (nSPS) is 23.7. The number of benzene rings is 1. The number of sulfonamides is 1. The molecule has 0 amide bonds. The van der Waals surface area contributed by atoms with Gasteiger partial charge >= 0.3 is 0 Å². The molecular weight excluding hydrogens is 274 g/mol. The van der Waals surface area contributed by atoms with Gasteiger partial charge in [0.25, 0.3) is 0 Å². The molecular formula is C15H23NO3S. The Morgan fingerprint density at radius 1 is 1.15 bits per heavy atom. The summed E-state index contributed by atoms with van der Waals surface area (Å²) in [5.74, 6) is 0.336. The van der Waals surface area contributed by atoms with Gasteiger partial charge in [-0.25, -0.2) is 13.1 Å². The van der Waals surface area contributed by atoms with Crippen molar-refractivity contribution in [3.8, 4) is 0 Å². The van der Waals surface area contributed by atoms with Gasteiger partial charge < -0.3 is 5.11 Å². The Kier molecular flexibility index (Phi) is 5.18. The molecule has 4 nitrogen and oxygen atoms in total. The van der Waals surface area contributed by atoms with Crippen LogP contribution in [0.3, 0.4) is 0 Å². The maximum absolute atomic E-state index is 12.2. The first kappa shape index (κ1) is 15.5. The summed E-state index contributed by atoms with van der Waals surface area (Å²) in [6, 6.07) is 7.02. The van der Waals surface area contributed by atoms with Gasteiger partial charge in [0.1, 0.15) is 0 Å². The van der Waals surface area contributed by atoms with E-state index in [2.05, 4.69) is 4.72 Å². The molecule has 0 aromatic heterocycles. The third-order valence-corrected chi connectivity index (χ3v) is 5.46. The van der Waals surface area contributed by atoms with E-state index in [1.807, 2.05) is 19.1 Å². The summed E-state index contributed by atoms with van der Waals surface area (Å²) in [6.07, 6.45) is 4.02. The van der Waals surface area contributed by atoms with E-state index in [0.717, 1.165) is 37.7 Å². The molecule has 112 valence electrons. The molecule has 0 heterocycles. The Balaban J connectivity index is 1.93. The van der Waals surface area contributed by atoms with E-state index < -0.39 is 10.0 Å². The first-order valence-electron chi connectivity index (χ1n) is 7.28. The summed E-state index contributed by atoms with van der Waals surface area (Å²) in [6.45, 7) is 2.50. The van der Waals surface area contributed by atoms with Crippen LogP contribution in [0.4, 0.5) is 0 Å². The van der Waals surface area contributed by atoms with Crippen LogP contribution in [-0.4, -0.2) is 26.2 Å². The maximum Gasteiger partial charge on any atom is 0.240 e. The molecule has 0 radical (unpaired) electrons. The topological polar surface area (TPSA) is 66.4 Å². The Labute approximate surface area is 121 Å². The second-order valence-corrected chi connectivity index (χ2v) is 7.29. The molecule has 5 heteroatoms. The van der Waals surface area contributed by atoms with E-state index >= 15 is 0 Å². The van der Waals surface area contributed by atoms with Gasteiger partial charge in [-0.05, 0) is 55.7 Å². The summed E-state index contributed by atoms with van der Waals surface area (Å²) in [7, 11) is -3.41. The lowest BCUT2D eigenvalue weighted by Crippen LogP contribution is -2.32. The zero-order chi connectivity index (χ0) is 14.6. The molecule has 1 aliphatic carbocycles. The van der Waals surface area contributed by atoms with Crippen molar-refractivity contribution in [1.29, 1.82) is 0 Å². The minimum absolute atomic E-state index is 0.204. The smallest absolute Gasteiger partial charge is 0.240 e. The van der Waals surface area contributed by atoms with E-state index in [4.69, 9.17) is 0 Å². The molecule has 1 aromatic carbocycles. The number of rotatable bonds is 5. The second-order valence-electron chi connectivity index (χ2n) is 5.52. The number of hydrogen-bond acceptors (Lipinski definition) is 3. The Morgan fingerprint density at radius 2 is 1.75 bits per heavy atom. The molecule has 1 saturated carbocycles. The zero-order valence-electron chi connectivity index (χ0n) is 11.9. The Hall–Kier alpha value is -0.910. The van der Waals surface area contributed by atoms with E-state index in [0.29, 0.717) is 17.4 Å². The molecule has 0 spiro atoms. The Bertz CT molecular complexity index is 517. The van der Waals surface area contributed by atoms with Crippen molar-refractivity contribution in [1.82, 2.24) is 4.72 Å². The second kappa shape index (κ2) is 6.70. The molecule has 1 aliphatic rings. The van der Waals surface area contributed by atoms with Crippen LogP contribution in [0.5, 0.6) is 0 Å². The molecule has 0 saturated heterocycles. The fourth-order valence-electron chi connectivity index (χ4n) is 2.56. The minimum atomic E-state index is -3.41.